The van der Waals surface area contributed by atoms with E-state index in [1.807, 2.05) is 19.1 Å². The summed E-state index contributed by atoms with van der Waals surface area (Å²) in [6.45, 7) is 6.34. The molecule has 1 saturated heterocycles. The predicted molar refractivity (Wildman–Crippen MR) is 73.8 cm³/mol. The van der Waals surface area contributed by atoms with Crippen LogP contribution in [0.25, 0.3) is 0 Å². The van der Waals surface area contributed by atoms with Crippen LogP contribution in [0.1, 0.15) is 30.9 Å². The first-order valence-electron chi connectivity index (χ1n) is 5.86. The average molecular weight is 264 g/mol. The molecule has 2 amide bonds. The number of carbonyl (C=O) groups excluding carboxylic acids is 2. The van der Waals surface area contributed by atoms with Gasteiger partial charge in [0.05, 0.1) is 0 Å². The van der Waals surface area contributed by atoms with Crippen LogP contribution in [-0.4, -0.2) is 16.5 Å². The molecule has 5 heteroatoms. The lowest BCUT2D eigenvalue weighted by atomic mass is 9.98. The monoisotopic (exact) mass is 264 g/mol. The SMILES string of the molecule is Cc1cc(N[C@H]2SC(=O)NC2=O)ccc1C(C)C. The summed E-state index contributed by atoms with van der Waals surface area (Å²) >= 11 is 0.974. The molecule has 1 aliphatic rings. The van der Waals surface area contributed by atoms with E-state index >= 15 is 0 Å². The molecule has 1 aromatic rings. The molecule has 4 nitrogen and oxygen atoms in total. The molecular formula is C13H16N2O2S. The van der Waals surface area contributed by atoms with Gasteiger partial charge in [0, 0.05) is 5.69 Å². The van der Waals surface area contributed by atoms with Crippen molar-refractivity contribution in [2.24, 2.45) is 0 Å². The van der Waals surface area contributed by atoms with Crippen LogP contribution >= 0.6 is 11.8 Å². The van der Waals surface area contributed by atoms with Crippen LogP contribution in [0.5, 0.6) is 0 Å². The lowest BCUT2D eigenvalue weighted by Crippen LogP contribution is -2.29. The maximum atomic E-state index is 11.4. The van der Waals surface area contributed by atoms with Crippen LogP contribution < -0.4 is 10.6 Å². The fourth-order valence-corrected chi connectivity index (χ4v) is 2.75. The smallest absolute Gasteiger partial charge is 0.288 e. The minimum atomic E-state index is -0.526. The van der Waals surface area contributed by atoms with Gasteiger partial charge in [0.2, 0.25) is 0 Å². The Kier molecular flexibility index (Phi) is 3.61. The van der Waals surface area contributed by atoms with E-state index in [0.717, 1.165) is 17.4 Å². The first-order valence-corrected chi connectivity index (χ1v) is 6.74. The van der Waals surface area contributed by atoms with Gasteiger partial charge in [-0.1, -0.05) is 19.9 Å². The van der Waals surface area contributed by atoms with Gasteiger partial charge < -0.3 is 5.32 Å². The molecule has 0 spiro atoms. The molecule has 96 valence electrons. The lowest BCUT2D eigenvalue weighted by molar-refractivity contribution is -0.118. The number of benzene rings is 1. The molecule has 18 heavy (non-hydrogen) atoms. The Morgan fingerprint density at radius 3 is 2.56 bits per heavy atom. The van der Waals surface area contributed by atoms with E-state index in [0.29, 0.717) is 5.92 Å². The van der Waals surface area contributed by atoms with Crippen molar-refractivity contribution < 1.29 is 9.59 Å². The number of nitrogens with one attached hydrogen (secondary N) is 2. The Balaban J connectivity index is 2.13. The summed E-state index contributed by atoms with van der Waals surface area (Å²) in [5.74, 6) is 0.195. The minimum Gasteiger partial charge on any atom is -0.365 e. The lowest BCUT2D eigenvalue weighted by Gasteiger charge is -2.14. The molecule has 0 aromatic heterocycles. The fourth-order valence-electron chi connectivity index (χ4n) is 2.02. The highest BCUT2D eigenvalue weighted by molar-refractivity contribution is 8.15. The van der Waals surface area contributed by atoms with Gasteiger partial charge >= 0.3 is 0 Å². The zero-order valence-corrected chi connectivity index (χ0v) is 11.4. The number of anilines is 1. The highest BCUT2D eigenvalue weighted by atomic mass is 32.2. The van der Waals surface area contributed by atoms with Crippen LogP contribution in [0.4, 0.5) is 10.5 Å². The van der Waals surface area contributed by atoms with Crippen LogP contribution in [0.15, 0.2) is 18.2 Å². The molecule has 1 fully saturated rings. The standard InChI is InChI=1S/C13H16N2O2S/c1-7(2)10-5-4-9(6-8(10)3)14-12-11(16)15-13(17)18-12/h4-7,12,14H,1-3H3,(H,15,16,17)/t12-/m0/s1. The van der Waals surface area contributed by atoms with Crippen LogP contribution in [-0.2, 0) is 4.79 Å². The number of amides is 2. The molecule has 1 heterocycles. The molecule has 0 radical (unpaired) electrons. The van der Waals surface area contributed by atoms with Gasteiger partial charge in [-0.3, -0.25) is 14.9 Å². The number of hydrogen-bond donors (Lipinski definition) is 2. The molecular weight excluding hydrogens is 248 g/mol. The third-order valence-electron chi connectivity index (χ3n) is 2.88. The maximum Gasteiger partial charge on any atom is 0.288 e. The van der Waals surface area contributed by atoms with Crippen molar-refractivity contribution in [3.63, 3.8) is 0 Å². The third kappa shape index (κ3) is 2.67. The van der Waals surface area contributed by atoms with Gasteiger partial charge in [-0.05, 0) is 47.9 Å². The van der Waals surface area contributed by atoms with E-state index in [2.05, 4.69) is 30.5 Å². The first kappa shape index (κ1) is 13.0. The van der Waals surface area contributed by atoms with E-state index in [1.54, 1.807) is 0 Å². The summed E-state index contributed by atoms with van der Waals surface area (Å²) in [5, 5.41) is 4.49. The molecule has 1 aliphatic heterocycles. The number of aryl methyl sites for hydroxylation is 1. The predicted octanol–water partition coefficient (Wildman–Crippen LogP) is 2.84. The van der Waals surface area contributed by atoms with E-state index in [9.17, 15) is 9.59 Å². The van der Waals surface area contributed by atoms with Gasteiger partial charge in [-0.15, -0.1) is 0 Å². The van der Waals surface area contributed by atoms with Crippen molar-refractivity contribution >= 4 is 28.6 Å². The molecule has 1 aromatic carbocycles. The molecule has 1 atom stereocenters. The summed E-state index contributed by atoms with van der Waals surface area (Å²) in [7, 11) is 0. The van der Waals surface area contributed by atoms with Crippen molar-refractivity contribution in [1.82, 2.24) is 5.32 Å². The maximum absolute atomic E-state index is 11.4. The normalized spacial score (nSPS) is 19.2. The second kappa shape index (κ2) is 5.02. The van der Waals surface area contributed by atoms with Crippen LogP contribution in [0.2, 0.25) is 0 Å². The topological polar surface area (TPSA) is 58.2 Å². The quantitative estimate of drug-likeness (QED) is 0.881. The second-order valence-electron chi connectivity index (χ2n) is 4.65. The molecule has 0 bridgehead atoms. The molecule has 2 rings (SSSR count). The van der Waals surface area contributed by atoms with E-state index in [-0.39, 0.29) is 11.1 Å². The summed E-state index contributed by atoms with van der Waals surface area (Å²) in [6.07, 6.45) is 0. The zero-order chi connectivity index (χ0) is 13.3. The number of carbonyl (C=O) groups is 2. The summed E-state index contributed by atoms with van der Waals surface area (Å²) in [4.78, 5) is 22.5. The Morgan fingerprint density at radius 1 is 1.33 bits per heavy atom. The van der Waals surface area contributed by atoms with Gasteiger partial charge in [0.1, 0.15) is 0 Å². The van der Waals surface area contributed by atoms with Gasteiger partial charge in [-0.2, -0.15) is 0 Å². The average Bonchev–Trinajstić information content (AvgIpc) is 2.57. The van der Waals surface area contributed by atoms with Gasteiger partial charge in [-0.25, -0.2) is 0 Å². The highest BCUT2D eigenvalue weighted by Gasteiger charge is 2.31. The summed E-state index contributed by atoms with van der Waals surface area (Å²) in [6, 6.07) is 6.01. The largest absolute Gasteiger partial charge is 0.365 e. The Labute approximate surface area is 111 Å². The summed E-state index contributed by atoms with van der Waals surface area (Å²) in [5.41, 5.74) is 3.34. The third-order valence-corrected chi connectivity index (χ3v) is 3.76. The van der Waals surface area contributed by atoms with Crippen molar-refractivity contribution in [3.05, 3.63) is 29.3 Å². The van der Waals surface area contributed by atoms with Gasteiger partial charge in [0.25, 0.3) is 11.1 Å². The van der Waals surface area contributed by atoms with Crippen molar-refractivity contribution in [2.75, 3.05) is 5.32 Å². The molecule has 0 aliphatic carbocycles. The minimum absolute atomic E-state index is 0.282. The van der Waals surface area contributed by atoms with E-state index in [1.165, 1.54) is 11.1 Å². The molecule has 0 unspecified atom stereocenters. The number of hydrogen-bond acceptors (Lipinski definition) is 4. The number of imide groups is 1. The van der Waals surface area contributed by atoms with Crippen molar-refractivity contribution in [2.45, 2.75) is 32.1 Å². The van der Waals surface area contributed by atoms with E-state index in [4.69, 9.17) is 0 Å². The summed E-state index contributed by atoms with van der Waals surface area (Å²) < 4.78 is 0. The first-order chi connectivity index (χ1) is 8.47. The number of thioether (sulfide) groups is 1. The Bertz CT molecular complexity index is 500. The Hall–Kier alpha value is -1.49. The molecule has 2 N–H and O–H groups in total. The van der Waals surface area contributed by atoms with E-state index < -0.39 is 5.37 Å². The van der Waals surface area contributed by atoms with Gasteiger partial charge in [0.15, 0.2) is 5.37 Å². The highest BCUT2D eigenvalue weighted by Crippen LogP contribution is 2.25. The fraction of sp³-hybridized carbons (Fsp3) is 0.385. The van der Waals surface area contributed by atoms with Crippen LogP contribution in [0, 0.1) is 6.92 Å². The number of rotatable bonds is 3. The Morgan fingerprint density at radius 2 is 2.06 bits per heavy atom. The van der Waals surface area contributed by atoms with Crippen molar-refractivity contribution in [1.29, 1.82) is 0 Å². The van der Waals surface area contributed by atoms with Crippen LogP contribution in [0.3, 0.4) is 0 Å². The van der Waals surface area contributed by atoms with Crippen molar-refractivity contribution in [3.8, 4) is 0 Å². The zero-order valence-electron chi connectivity index (χ0n) is 10.6. The second-order valence-corrected chi connectivity index (χ2v) is 5.72. The molecule has 0 saturated carbocycles.